The summed E-state index contributed by atoms with van der Waals surface area (Å²) in [5.74, 6) is -1.33. The van der Waals surface area contributed by atoms with E-state index in [0.29, 0.717) is 5.69 Å². The Kier molecular flexibility index (Phi) is 4.59. The van der Waals surface area contributed by atoms with Crippen LogP contribution in [0, 0.1) is 0 Å². The van der Waals surface area contributed by atoms with E-state index >= 15 is 0 Å². The van der Waals surface area contributed by atoms with Gasteiger partial charge >= 0.3 is 5.97 Å². The van der Waals surface area contributed by atoms with Crippen molar-refractivity contribution in [3.05, 3.63) is 11.4 Å². The van der Waals surface area contributed by atoms with Crippen molar-refractivity contribution in [2.45, 2.75) is 64.5 Å². The molecule has 1 aromatic rings. The molecule has 1 saturated carbocycles. The number of aromatic nitrogens is 3. The molecule has 0 saturated heterocycles. The number of hydrogen-bond acceptors (Lipinski definition) is 4. The van der Waals surface area contributed by atoms with Gasteiger partial charge in [-0.3, -0.25) is 4.79 Å². The van der Waals surface area contributed by atoms with E-state index in [-0.39, 0.29) is 23.6 Å². The smallest absolute Gasteiger partial charge is 0.358 e. The third kappa shape index (κ3) is 3.22. The molecular formula is C14H22N4O3. The zero-order chi connectivity index (χ0) is 15.6. The van der Waals surface area contributed by atoms with Gasteiger partial charge in [-0.1, -0.05) is 31.9 Å². The Hall–Kier alpha value is -1.92. The number of aromatic carboxylic acids is 1. The van der Waals surface area contributed by atoms with Crippen LogP contribution >= 0.6 is 0 Å². The number of carbonyl (C=O) groups is 2. The number of carbonyl (C=O) groups excluding carboxylic acids is 1. The lowest BCUT2D eigenvalue weighted by molar-refractivity contribution is -0.124. The highest BCUT2D eigenvalue weighted by Crippen LogP contribution is 2.22. The van der Waals surface area contributed by atoms with Gasteiger partial charge < -0.3 is 10.4 Å². The van der Waals surface area contributed by atoms with Crippen LogP contribution in [0.2, 0.25) is 0 Å². The number of nitrogens with zero attached hydrogens (tertiary/aromatic N) is 3. The quantitative estimate of drug-likeness (QED) is 0.861. The zero-order valence-electron chi connectivity index (χ0n) is 12.7. The van der Waals surface area contributed by atoms with Crippen LogP contribution in [-0.4, -0.2) is 38.0 Å². The molecule has 1 fully saturated rings. The van der Waals surface area contributed by atoms with E-state index in [1.54, 1.807) is 6.92 Å². The Balaban J connectivity index is 2.19. The van der Waals surface area contributed by atoms with E-state index in [9.17, 15) is 9.59 Å². The lowest BCUT2D eigenvalue weighted by Gasteiger charge is -2.19. The van der Waals surface area contributed by atoms with Crippen molar-refractivity contribution >= 4 is 11.9 Å². The van der Waals surface area contributed by atoms with Crippen molar-refractivity contribution in [3.63, 3.8) is 0 Å². The molecule has 1 atom stereocenters. The second kappa shape index (κ2) is 6.24. The number of nitrogens with one attached hydrogen (secondary N) is 1. The van der Waals surface area contributed by atoms with Crippen LogP contribution in [0.5, 0.6) is 0 Å². The average molecular weight is 294 g/mol. The first-order chi connectivity index (χ1) is 9.91. The van der Waals surface area contributed by atoms with Crippen molar-refractivity contribution in [2.24, 2.45) is 0 Å². The highest BCUT2D eigenvalue weighted by atomic mass is 16.4. The van der Waals surface area contributed by atoms with Gasteiger partial charge in [0.25, 0.3) is 0 Å². The summed E-state index contributed by atoms with van der Waals surface area (Å²) in [4.78, 5) is 23.5. The molecule has 0 aromatic carbocycles. The summed E-state index contributed by atoms with van der Waals surface area (Å²) in [5, 5.41) is 19.8. The Morgan fingerprint density at radius 2 is 1.90 bits per heavy atom. The van der Waals surface area contributed by atoms with E-state index in [2.05, 4.69) is 15.6 Å². The monoisotopic (exact) mass is 294 g/mol. The maximum absolute atomic E-state index is 12.3. The topological polar surface area (TPSA) is 97.1 Å². The summed E-state index contributed by atoms with van der Waals surface area (Å²) in [6.45, 7) is 5.45. The van der Waals surface area contributed by atoms with Gasteiger partial charge in [0.1, 0.15) is 6.04 Å². The number of carboxylic acids is 1. The summed E-state index contributed by atoms with van der Waals surface area (Å²) >= 11 is 0. The van der Waals surface area contributed by atoms with Gasteiger partial charge in [-0.05, 0) is 25.7 Å². The fourth-order valence-corrected chi connectivity index (χ4v) is 2.78. The summed E-state index contributed by atoms with van der Waals surface area (Å²) in [6.07, 6.45) is 4.30. The molecule has 21 heavy (non-hydrogen) atoms. The molecule has 7 nitrogen and oxygen atoms in total. The Morgan fingerprint density at radius 3 is 2.43 bits per heavy atom. The van der Waals surface area contributed by atoms with Crippen LogP contribution in [0.3, 0.4) is 0 Å². The van der Waals surface area contributed by atoms with Crippen molar-refractivity contribution in [3.8, 4) is 0 Å². The van der Waals surface area contributed by atoms with E-state index in [4.69, 9.17) is 5.11 Å². The highest BCUT2D eigenvalue weighted by molar-refractivity contribution is 5.87. The normalized spacial score (nSPS) is 17.1. The number of hydrogen-bond donors (Lipinski definition) is 2. The molecule has 1 heterocycles. The lowest BCUT2D eigenvalue weighted by Crippen LogP contribution is -2.38. The van der Waals surface area contributed by atoms with Gasteiger partial charge in [0.15, 0.2) is 5.69 Å². The maximum Gasteiger partial charge on any atom is 0.358 e. The minimum atomic E-state index is -1.12. The highest BCUT2D eigenvalue weighted by Gasteiger charge is 2.28. The molecule has 1 unspecified atom stereocenters. The minimum Gasteiger partial charge on any atom is -0.476 e. The Morgan fingerprint density at radius 1 is 1.29 bits per heavy atom. The first kappa shape index (κ1) is 15.5. The molecular weight excluding hydrogens is 272 g/mol. The average Bonchev–Trinajstić information content (AvgIpc) is 3.05. The lowest BCUT2D eigenvalue weighted by atomic mass is 10.1. The van der Waals surface area contributed by atoms with Gasteiger partial charge in [0, 0.05) is 6.04 Å². The summed E-state index contributed by atoms with van der Waals surface area (Å²) < 4.78 is 1.43. The molecule has 0 bridgehead atoms. The predicted molar refractivity (Wildman–Crippen MR) is 76.2 cm³/mol. The SMILES string of the molecule is CC(C)c1c(C(=O)O)nnn1C(C)C(=O)NC1CCCC1. The molecule has 1 aliphatic carbocycles. The van der Waals surface area contributed by atoms with Crippen molar-refractivity contribution in [2.75, 3.05) is 0 Å². The van der Waals surface area contributed by atoms with Crippen LogP contribution in [0.1, 0.15) is 74.6 Å². The van der Waals surface area contributed by atoms with E-state index in [1.165, 1.54) is 4.68 Å². The molecule has 1 aromatic heterocycles. The maximum atomic E-state index is 12.3. The summed E-state index contributed by atoms with van der Waals surface area (Å²) in [7, 11) is 0. The molecule has 1 amide bonds. The van der Waals surface area contributed by atoms with Gasteiger partial charge in [-0.2, -0.15) is 0 Å². The summed E-state index contributed by atoms with van der Waals surface area (Å²) in [5.41, 5.74) is 0.405. The number of carboxylic acid groups (broad SMARTS) is 1. The molecule has 116 valence electrons. The standard InChI is InChI=1S/C14H22N4O3/c1-8(2)12-11(14(20)21)16-17-18(12)9(3)13(19)15-10-6-4-5-7-10/h8-10H,4-7H2,1-3H3,(H,15,19)(H,20,21). The fraction of sp³-hybridized carbons (Fsp3) is 0.714. The van der Waals surface area contributed by atoms with E-state index < -0.39 is 12.0 Å². The first-order valence-corrected chi connectivity index (χ1v) is 7.40. The minimum absolute atomic E-state index is 0.0761. The largest absolute Gasteiger partial charge is 0.476 e. The first-order valence-electron chi connectivity index (χ1n) is 7.40. The van der Waals surface area contributed by atoms with Crippen molar-refractivity contribution < 1.29 is 14.7 Å². The molecule has 2 N–H and O–H groups in total. The van der Waals surface area contributed by atoms with Crippen LogP contribution < -0.4 is 5.32 Å². The molecule has 0 spiro atoms. The van der Waals surface area contributed by atoms with Gasteiger partial charge in [-0.15, -0.1) is 5.10 Å². The Labute approximate surface area is 123 Å². The third-order valence-electron chi connectivity index (χ3n) is 3.93. The Bertz CT molecular complexity index is 532. The van der Waals surface area contributed by atoms with Crippen molar-refractivity contribution in [1.82, 2.24) is 20.3 Å². The second-order valence-electron chi connectivity index (χ2n) is 5.89. The molecule has 7 heteroatoms. The molecule has 0 aliphatic heterocycles. The van der Waals surface area contributed by atoms with Crippen LogP contribution in [0.4, 0.5) is 0 Å². The van der Waals surface area contributed by atoms with Crippen LogP contribution in [0.15, 0.2) is 0 Å². The number of rotatable bonds is 5. The van der Waals surface area contributed by atoms with E-state index in [0.717, 1.165) is 25.7 Å². The molecule has 1 aliphatic rings. The molecule has 2 rings (SSSR count). The van der Waals surface area contributed by atoms with Gasteiger partial charge in [-0.25, -0.2) is 9.48 Å². The molecule has 0 radical (unpaired) electrons. The third-order valence-corrected chi connectivity index (χ3v) is 3.93. The number of amides is 1. The predicted octanol–water partition coefficient (Wildman–Crippen LogP) is 1.72. The fourth-order valence-electron chi connectivity index (χ4n) is 2.78. The van der Waals surface area contributed by atoms with Crippen molar-refractivity contribution in [1.29, 1.82) is 0 Å². The van der Waals surface area contributed by atoms with Gasteiger partial charge in [0.2, 0.25) is 5.91 Å². The van der Waals surface area contributed by atoms with E-state index in [1.807, 2.05) is 13.8 Å². The summed E-state index contributed by atoms with van der Waals surface area (Å²) in [6, 6.07) is -0.339. The van der Waals surface area contributed by atoms with Gasteiger partial charge in [0.05, 0.1) is 5.69 Å². The van der Waals surface area contributed by atoms with Crippen LogP contribution in [0.25, 0.3) is 0 Å². The zero-order valence-corrected chi connectivity index (χ0v) is 12.7. The van der Waals surface area contributed by atoms with Crippen LogP contribution in [-0.2, 0) is 4.79 Å². The second-order valence-corrected chi connectivity index (χ2v) is 5.89.